The number of hydrogen-bond acceptors (Lipinski definition) is 6. The SMILES string of the molecule is N#Cc1cccnc1OC1CN(C(=O)c2cc(C3CC3)on2)C1. The van der Waals surface area contributed by atoms with E-state index in [1.165, 1.54) is 0 Å². The molecule has 1 aliphatic heterocycles. The molecule has 2 aromatic heterocycles. The number of nitrogens with zero attached hydrogens (tertiary/aromatic N) is 4. The number of nitriles is 1. The van der Waals surface area contributed by atoms with E-state index in [4.69, 9.17) is 14.5 Å². The van der Waals surface area contributed by atoms with Crippen molar-refractivity contribution in [2.45, 2.75) is 24.9 Å². The largest absolute Gasteiger partial charge is 0.470 e. The number of carbonyl (C=O) groups excluding carboxylic acids is 1. The van der Waals surface area contributed by atoms with Gasteiger partial charge in [0, 0.05) is 18.2 Å². The average molecular weight is 310 g/mol. The normalized spacial score (nSPS) is 17.4. The van der Waals surface area contributed by atoms with Gasteiger partial charge in [0.1, 0.15) is 23.5 Å². The average Bonchev–Trinajstić information content (AvgIpc) is 3.27. The topological polar surface area (TPSA) is 92.2 Å². The Kier molecular flexibility index (Phi) is 3.23. The Labute approximate surface area is 132 Å². The molecule has 23 heavy (non-hydrogen) atoms. The molecule has 1 saturated carbocycles. The number of amides is 1. The molecule has 4 rings (SSSR count). The molecule has 0 spiro atoms. The molecular formula is C16H14N4O3. The Morgan fingerprint density at radius 3 is 3.00 bits per heavy atom. The number of carbonyl (C=O) groups is 1. The van der Waals surface area contributed by atoms with E-state index in [-0.39, 0.29) is 12.0 Å². The maximum absolute atomic E-state index is 12.3. The molecule has 2 aliphatic rings. The van der Waals surface area contributed by atoms with Gasteiger partial charge in [-0.2, -0.15) is 5.26 Å². The Morgan fingerprint density at radius 1 is 1.43 bits per heavy atom. The maximum atomic E-state index is 12.3. The zero-order chi connectivity index (χ0) is 15.8. The fraction of sp³-hybridized carbons (Fsp3) is 0.375. The van der Waals surface area contributed by atoms with Crippen molar-refractivity contribution in [1.29, 1.82) is 5.26 Å². The van der Waals surface area contributed by atoms with E-state index in [0.717, 1.165) is 18.6 Å². The second-order valence-electron chi connectivity index (χ2n) is 5.81. The van der Waals surface area contributed by atoms with Crippen LogP contribution in [0, 0.1) is 11.3 Å². The van der Waals surface area contributed by atoms with Gasteiger partial charge in [-0.05, 0) is 25.0 Å². The number of ether oxygens (including phenoxy) is 1. The highest BCUT2D eigenvalue weighted by Gasteiger charge is 2.36. The molecular weight excluding hydrogens is 296 g/mol. The molecule has 0 atom stereocenters. The first kappa shape index (κ1) is 13.8. The summed E-state index contributed by atoms with van der Waals surface area (Å²) in [6, 6.07) is 7.11. The fourth-order valence-corrected chi connectivity index (χ4v) is 2.52. The number of hydrogen-bond donors (Lipinski definition) is 0. The van der Waals surface area contributed by atoms with Crippen LogP contribution in [0.2, 0.25) is 0 Å². The van der Waals surface area contributed by atoms with Crippen molar-refractivity contribution in [3.05, 3.63) is 41.4 Å². The third-order valence-corrected chi connectivity index (χ3v) is 4.03. The monoisotopic (exact) mass is 310 g/mol. The summed E-state index contributed by atoms with van der Waals surface area (Å²) in [4.78, 5) is 18.0. The summed E-state index contributed by atoms with van der Waals surface area (Å²) < 4.78 is 10.9. The van der Waals surface area contributed by atoms with Crippen LogP contribution in [0.15, 0.2) is 28.9 Å². The van der Waals surface area contributed by atoms with Gasteiger partial charge in [-0.15, -0.1) is 0 Å². The summed E-state index contributed by atoms with van der Waals surface area (Å²) in [6.07, 6.45) is 3.63. The Balaban J connectivity index is 1.35. The van der Waals surface area contributed by atoms with Crippen molar-refractivity contribution in [2.75, 3.05) is 13.1 Å². The summed E-state index contributed by atoms with van der Waals surface area (Å²) in [7, 11) is 0. The molecule has 1 saturated heterocycles. The van der Waals surface area contributed by atoms with Gasteiger partial charge >= 0.3 is 0 Å². The Bertz CT molecular complexity index is 785. The van der Waals surface area contributed by atoms with Crippen molar-refractivity contribution in [3.8, 4) is 11.9 Å². The minimum absolute atomic E-state index is 0.151. The lowest BCUT2D eigenvalue weighted by Crippen LogP contribution is -2.56. The van der Waals surface area contributed by atoms with Gasteiger partial charge in [-0.3, -0.25) is 4.79 Å². The number of pyridine rings is 1. The highest BCUT2D eigenvalue weighted by Crippen LogP contribution is 2.40. The lowest BCUT2D eigenvalue weighted by molar-refractivity contribution is 0.0152. The summed E-state index contributed by atoms with van der Waals surface area (Å²) in [5, 5.41) is 12.9. The summed E-state index contributed by atoms with van der Waals surface area (Å²) in [5.41, 5.74) is 0.740. The van der Waals surface area contributed by atoms with Crippen LogP contribution in [0.25, 0.3) is 0 Å². The molecule has 0 aromatic carbocycles. The van der Waals surface area contributed by atoms with Gasteiger partial charge in [-0.25, -0.2) is 4.98 Å². The molecule has 0 N–H and O–H groups in total. The first-order valence-electron chi connectivity index (χ1n) is 7.52. The number of aromatic nitrogens is 2. The second kappa shape index (κ2) is 5.39. The summed E-state index contributed by atoms with van der Waals surface area (Å²) >= 11 is 0. The van der Waals surface area contributed by atoms with E-state index in [9.17, 15) is 4.79 Å². The smallest absolute Gasteiger partial charge is 0.276 e. The number of rotatable bonds is 4. The lowest BCUT2D eigenvalue weighted by Gasteiger charge is -2.38. The molecule has 0 bridgehead atoms. The maximum Gasteiger partial charge on any atom is 0.276 e. The van der Waals surface area contributed by atoms with Crippen LogP contribution >= 0.6 is 0 Å². The molecule has 2 fully saturated rings. The summed E-state index contributed by atoms with van der Waals surface area (Å²) in [6.45, 7) is 0.901. The van der Waals surface area contributed by atoms with Gasteiger partial charge in [0.15, 0.2) is 5.69 Å². The van der Waals surface area contributed by atoms with Crippen molar-refractivity contribution >= 4 is 5.91 Å². The highest BCUT2D eigenvalue weighted by atomic mass is 16.5. The van der Waals surface area contributed by atoms with Crippen LogP contribution in [-0.4, -0.2) is 40.1 Å². The number of likely N-dealkylation sites (tertiary alicyclic amines) is 1. The van der Waals surface area contributed by atoms with Crippen LogP contribution in [0.5, 0.6) is 5.88 Å². The standard InChI is InChI=1S/C16H14N4O3/c17-7-11-2-1-5-18-15(11)22-12-8-20(9-12)16(21)13-6-14(23-19-13)10-3-4-10/h1-2,5-6,10,12H,3-4,8-9H2. The minimum Gasteiger partial charge on any atom is -0.470 e. The zero-order valence-corrected chi connectivity index (χ0v) is 12.3. The van der Waals surface area contributed by atoms with E-state index < -0.39 is 0 Å². The molecule has 1 amide bonds. The van der Waals surface area contributed by atoms with Crippen LogP contribution in [0.1, 0.15) is 40.6 Å². The second-order valence-corrected chi connectivity index (χ2v) is 5.81. The predicted octanol–water partition coefficient (Wildman–Crippen LogP) is 1.72. The van der Waals surface area contributed by atoms with Crippen LogP contribution in [0.3, 0.4) is 0 Å². The summed E-state index contributed by atoms with van der Waals surface area (Å²) in [5.74, 6) is 1.39. The van der Waals surface area contributed by atoms with Gasteiger partial charge in [-0.1, -0.05) is 5.16 Å². The molecule has 0 unspecified atom stereocenters. The first-order valence-corrected chi connectivity index (χ1v) is 7.52. The molecule has 116 valence electrons. The molecule has 0 radical (unpaired) electrons. The van der Waals surface area contributed by atoms with Crippen molar-refractivity contribution in [1.82, 2.24) is 15.0 Å². The molecule has 3 heterocycles. The van der Waals surface area contributed by atoms with Crippen LogP contribution in [0.4, 0.5) is 0 Å². The zero-order valence-electron chi connectivity index (χ0n) is 12.3. The molecule has 2 aromatic rings. The van der Waals surface area contributed by atoms with E-state index in [1.54, 1.807) is 29.3 Å². The molecule has 7 heteroatoms. The Hall–Kier alpha value is -2.88. The lowest BCUT2D eigenvalue weighted by atomic mass is 10.1. The Morgan fingerprint density at radius 2 is 2.26 bits per heavy atom. The van der Waals surface area contributed by atoms with Crippen molar-refractivity contribution in [3.63, 3.8) is 0 Å². The fourth-order valence-electron chi connectivity index (χ4n) is 2.52. The van der Waals surface area contributed by atoms with Gasteiger partial charge in [0.05, 0.1) is 13.1 Å². The molecule has 1 aliphatic carbocycles. The van der Waals surface area contributed by atoms with Crippen LogP contribution < -0.4 is 4.74 Å². The van der Waals surface area contributed by atoms with E-state index >= 15 is 0 Å². The quantitative estimate of drug-likeness (QED) is 0.853. The van der Waals surface area contributed by atoms with Gasteiger partial charge < -0.3 is 14.2 Å². The van der Waals surface area contributed by atoms with Gasteiger partial charge in [0.2, 0.25) is 5.88 Å². The van der Waals surface area contributed by atoms with Crippen molar-refractivity contribution < 1.29 is 14.1 Å². The van der Waals surface area contributed by atoms with E-state index in [0.29, 0.717) is 36.1 Å². The first-order chi connectivity index (χ1) is 11.2. The van der Waals surface area contributed by atoms with Crippen LogP contribution in [-0.2, 0) is 0 Å². The minimum atomic E-state index is -0.157. The van der Waals surface area contributed by atoms with Gasteiger partial charge in [0.25, 0.3) is 5.91 Å². The molecule has 7 nitrogen and oxygen atoms in total. The van der Waals surface area contributed by atoms with E-state index in [2.05, 4.69) is 10.1 Å². The van der Waals surface area contributed by atoms with E-state index in [1.807, 2.05) is 6.07 Å². The predicted molar refractivity (Wildman–Crippen MR) is 77.7 cm³/mol. The third-order valence-electron chi connectivity index (χ3n) is 4.03. The van der Waals surface area contributed by atoms with Crippen molar-refractivity contribution in [2.24, 2.45) is 0 Å². The third kappa shape index (κ3) is 2.63. The highest BCUT2D eigenvalue weighted by molar-refractivity contribution is 5.92.